The molecule has 15 heavy (non-hydrogen) atoms. The van der Waals surface area contributed by atoms with Crippen LogP contribution in [0.5, 0.6) is 0 Å². The van der Waals surface area contributed by atoms with E-state index >= 15 is 0 Å². The van der Waals surface area contributed by atoms with Crippen LogP contribution in [-0.2, 0) is 4.79 Å². The minimum absolute atomic E-state index is 0.227. The highest BCUT2D eigenvalue weighted by atomic mass is 16.4. The van der Waals surface area contributed by atoms with E-state index in [0.29, 0.717) is 19.3 Å². The molecule has 0 heterocycles. The lowest BCUT2D eigenvalue weighted by Crippen LogP contribution is -2.59. The third kappa shape index (κ3) is 2.08. The fourth-order valence-electron chi connectivity index (χ4n) is 2.63. The summed E-state index contributed by atoms with van der Waals surface area (Å²) in [6.07, 6.45) is 4.56. The van der Waals surface area contributed by atoms with Crippen molar-refractivity contribution in [1.82, 2.24) is 0 Å². The molecule has 0 saturated heterocycles. The Morgan fingerprint density at radius 3 is 2.20 bits per heavy atom. The molecule has 3 nitrogen and oxygen atoms in total. The van der Waals surface area contributed by atoms with E-state index in [2.05, 4.69) is 0 Å². The number of carbonyl (C=O) groups excluding carboxylic acids is 1. The minimum atomic E-state index is -1.53. The Hall–Kier alpha value is -0.410. The number of hydrogen-bond acceptors (Lipinski definition) is 3. The summed E-state index contributed by atoms with van der Waals surface area (Å²) < 4.78 is 0. The summed E-state index contributed by atoms with van der Waals surface area (Å²) in [5, 5.41) is 20.8. The maximum atomic E-state index is 11.8. The molecule has 1 aliphatic carbocycles. The Morgan fingerprint density at radius 1 is 1.27 bits per heavy atom. The molecule has 1 rings (SSSR count). The van der Waals surface area contributed by atoms with Crippen molar-refractivity contribution < 1.29 is 15.0 Å². The maximum Gasteiger partial charge on any atom is 0.167 e. The van der Waals surface area contributed by atoms with Crippen molar-refractivity contribution in [3.8, 4) is 0 Å². The molecule has 0 radical (unpaired) electrons. The zero-order valence-corrected chi connectivity index (χ0v) is 9.75. The third-order valence-electron chi connectivity index (χ3n) is 3.74. The highest BCUT2D eigenvalue weighted by molar-refractivity contribution is 5.88. The van der Waals surface area contributed by atoms with E-state index < -0.39 is 11.2 Å². The van der Waals surface area contributed by atoms with E-state index in [1.54, 1.807) is 13.8 Å². The molecule has 0 spiro atoms. The zero-order chi connectivity index (χ0) is 11.5. The lowest BCUT2D eigenvalue weighted by molar-refractivity contribution is -0.183. The standard InChI is InChI=1S/C12H22O3/c1-3-10(13)12(15,4-2)11(14)8-6-5-7-9-11/h14-15H,3-9H2,1-2H3/t12-/m1/s1. The molecule has 0 amide bonds. The van der Waals surface area contributed by atoms with Crippen LogP contribution in [0.1, 0.15) is 58.8 Å². The van der Waals surface area contributed by atoms with Crippen LogP contribution in [0.15, 0.2) is 0 Å². The van der Waals surface area contributed by atoms with Crippen LogP contribution in [0.2, 0.25) is 0 Å². The monoisotopic (exact) mass is 214 g/mol. The van der Waals surface area contributed by atoms with Gasteiger partial charge in [0, 0.05) is 6.42 Å². The first-order valence-corrected chi connectivity index (χ1v) is 5.98. The lowest BCUT2D eigenvalue weighted by atomic mass is 9.69. The van der Waals surface area contributed by atoms with Crippen molar-refractivity contribution in [1.29, 1.82) is 0 Å². The fraction of sp³-hybridized carbons (Fsp3) is 0.917. The zero-order valence-electron chi connectivity index (χ0n) is 9.75. The Balaban J connectivity index is 2.92. The van der Waals surface area contributed by atoms with Crippen LogP contribution in [0.25, 0.3) is 0 Å². The van der Waals surface area contributed by atoms with E-state index in [0.717, 1.165) is 19.3 Å². The molecule has 1 saturated carbocycles. The number of Topliss-reactive ketones (excluding diaryl/α,β-unsaturated/α-hetero) is 1. The SMILES string of the molecule is CCC(=O)[C@](O)(CC)C1(O)CCCCC1. The topological polar surface area (TPSA) is 57.5 Å². The summed E-state index contributed by atoms with van der Waals surface area (Å²) in [6, 6.07) is 0. The number of ketones is 1. The van der Waals surface area contributed by atoms with Gasteiger partial charge in [0.25, 0.3) is 0 Å². The molecule has 0 aliphatic heterocycles. The second-order valence-electron chi connectivity index (χ2n) is 4.58. The first-order chi connectivity index (χ1) is 7.00. The van der Waals surface area contributed by atoms with Gasteiger partial charge in [-0.3, -0.25) is 4.79 Å². The van der Waals surface area contributed by atoms with Gasteiger partial charge in [0.05, 0.1) is 0 Å². The molecular formula is C12H22O3. The van der Waals surface area contributed by atoms with Crippen molar-refractivity contribution in [3.63, 3.8) is 0 Å². The van der Waals surface area contributed by atoms with Crippen LogP contribution >= 0.6 is 0 Å². The highest BCUT2D eigenvalue weighted by Crippen LogP contribution is 2.39. The molecule has 0 aromatic carbocycles. The first-order valence-electron chi connectivity index (χ1n) is 5.98. The summed E-state index contributed by atoms with van der Waals surface area (Å²) in [6.45, 7) is 3.50. The van der Waals surface area contributed by atoms with Gasteiger partial charge in [-0.25, -0.2) is 0 Å². The second-order valence-corrected chi connectivity index (χ2v) is 4.58. The summed E-state index contributed by atoms with van der Waals surface area (Å²) in [5.41, 5.74) is -2.71. The quantitative estimate of drug-likeness (QED) is 0.750. The van der Waals surface area contributed by atoms with Gasteiger partial charge in [-0.2, -0.15) is 0 Å². The summed E-state index contributed by atoms with van der Waals surface area (Å²) in [7, 11) is 0. The van der Waals surface area contributed by atoms with Gasteiger partial charge in [-0.1, -0.05) is 33.1 Å². The first kappa shape index (κ1) is 12.7. The Labute approximate surface area is 91.5 Å². The van der Waals surface area contributed by atoms with Crippen molar-refractivity contribution in [2.45, 2.75) is 70.0 Å². The summed E-state index contributed by atoms with van der Waals surface area (Å²) in [5.74, 6) is -0.227. The van der Waals surface area contributed by atoms with E-state index in [-0.39, 0.29) is 12.2 Å². The van der Waals surface area contributed by atoms with Crippen LogP contribution in [0, 0.1) is 0 Å². The van der Waals surface area contributed by atoms with Crippen molar-refractivity contribution in [3.05, 3.63) is 0 Å². The van der Waals surface area contributed by atoms with E-state index in [1.807, 2.05) is 0 Å². The maximum absolute atomic E-state index is 11.8. The summed E-state index contributed by atoms with van der Waals surface area (Å²) in [4.78, 5) is 11.8. The molecule has 1 atom stereocenters. The van der Waals surface area contributed by atoms with Gasteiger partial charge in [-0.05, 0) is 19.3 Å². The van der Waals surface area contributed by atoms with Crippen molar-refractivity contribution >= 4 is 5.78 Å². The fourth-order valence-corrected chi connectivity index (χ4v) is 2.63. The molecule has 0 unspecified atom stereocenters. The van der Waals surface area contributed by atoms with Gasteiger partial charge in [0.15, 0.2) is 11.4 Å². The van der Waals surface area contributed by atoms with E-state index in [9.17, 15) is 15.0 Å². The van der Waals surface area contributed by atoms with Gasteiger partial charge < -0.3 is 10.2 Å². The molecule has 0 aromatic heterocycles. The van der Waals surface area contributed by atoms with Gasteiger partial charge >= 0.3 is 0 Å². The van der Waals surface area contributed by atoms with Crippen molar-refractivity contribution in [2.75, 3.05) is 0 Å². The molecular weight excluding hydrogens is 192 g/mol. The summed E-state index contributed by atoms with van der Waals surface area (Å²) >= 11 is 0. The number of hydrogen-bond donors (Lipinski definition) is 2. The van der Waals surface area contributed by atoms with Crippen molar-refractivity contribution in [2.24, 2.45) is 0 Å². The Kier molecular flexibility index (Phi) is 3.90. The van der Waals surface area contributed by atoms with Gasteiger partial charge in [0.2, 0.25) is 0 Å². The number of aliphatic hydroxyl groups is 2. The minimum Gasteiger partial charge on any atom is -0.386 e. The predicted octanol–water partition coefficient (Wildman–Crippen LogP) is 1.80. The average Bonchev–Trinajstić information content (AvgIpc) is 2.27. The largest absolute Gasteiger partial charge is 0.386 e. The lowest BCUT2D eigenvalue weighted by Gasteiger charge is -2.44. The molecule has 1 aliphatic rings. The van der Waals surface area contributed by atoms with Gasteiger partial charge in [-0.15, -0.1) is 0 Å². The van der Waals surface area contributed by atoms with E-state index in [1.165, 1.54) is 0 Å². The molecule has 3 heteroatoms. The predicted molar refractivity (Wildman–Crippen MR) is 58.6 cm³/mol. The van der Waals surface area contributed by atoms with Crippen LogP contribution in [-0.4, -0.2) is 27.2 Å². The molecule has 0 aromatic rings. The van der Waals surface area contributed by atoms with Gasteiger partial charge in [0.1, 0.15) is 5.60 Å². The van der Waals surface area contributed by atoms with Crippen LogP contribution < -0.4 is 0 Å². The van der Waals surface area contributed by atoms with Crippen LogP contribution in [0.3, 0.4) is 0 Å². The van der Waals surface area contributed by atoms with E-state index in [4.69, 9.17) is 0 Å². The molecule has 1 fully saturated rings. The number of rotatable bonds is 4. The molecule has 0 bridgehead atoms. The third-order valence-corrected chi connectivity index (χ3v) is 3.74. The smallest absolute Gasteiger partial charge is 0.167 e. The average molecular weight is 214 g/mol. The van der Waals surface area contributed by atoms with Crippen LogP contribution in [0.4, 0.5) is 0 Å². The number of carbonyl (C=O) groups is 1. The normalized spacial score (nSPS) is 24.5. The second kappa shape index (κ2) is 4.62. The highest BCUT2D eigenvalue weighted by Gasteiger charge is 2.52. The Morgan fingerprint density at radius 2 is 1.80 bits per heavy atom. The molecule has 88 valence electrons. The molecule has 2 N–H and O–H groups in total. The Bertz CT molecular complexity index is 231.